The molecule has 0 heterocycles. The lowest BCUT2D eigenvalue weighted by molar-refractivity contribution is 0.305. The molecule has 204 valence electrons. The summed E-state index contributed by atoms with van der Waals surface area (Å²) in [6.07, 6.45) is 7.77. The summed E-state index contributed by atoms with van der Waals surface area (Å²) in [6.45, 7) is 16.8. The van der Waals surface area contributed by atoms with Crippen molar-refractivity contribution >= 4 is 27.9 Å². The fraction of sp³-hybridized carbons (Fsp3) is 0.394. The van der Waals surface area contributed by atoms with E-state index in [4.69, 9.17) is 13.6 Å². The largest absolute Gasteiger partial charge is 0.494 e. The lowest BCUT2D eigenvalue weighted by atomic mass is 10.1. The molecule has 0 unspecified atom stereocenters. The average Bonchev–Trinajstić information content (AvgIpc) is 2.91. The van der Waals surface area contributed by atoms with Crippen LogP contribution in [0.15, 0.2) is 79.4 Å². The first-order valence-electron chi connectivity index (χ1n) is 14.1. The van der Waals surface area contributed by atoms with E-state index >= 15 is 0 Å². The third kappa shape index (κ3) is 9.61. The van der Waals surface area contributed by atoms with Crippen LogP contribution in [0.2, 0.25) is 32.2 Å². The first kappa shape index (κ1) is 29.9. The van der Waals surface area contributed by atoms with Crippen molar-refractivity contribution in [3.63, 3.8) is 0 Å². The van der Waals surface area contributed by atoms with E-state index in [0.29, 0.717) is 6.61 Å². The first-order chi connectivity index (χ1) is 18.2. The van der Waals surface area contributed by atoms with Crippen molar-refractivity contribution in [2.45, 2.75) is 71.3 Å². The fourth-order valence-corrected chi connectivity index (χ4v) is 13.1. The van der Waals surface area contributed by atoms with Crippen LogP contribution >= 0.6 is 0 Å². The molecular formula is C33H46O3Si2. The highest BCUT2D eigenvalue weighted by molar-refractivity contribution is 6.92. The minimum atomic E-state index is -1.95. The molecule has 0 amide bonds. The van der Waals surface area contributed by atoms with E-state index in [1.165, 1.54) is 35.6 Å². The summed E-state index contributed by atoms with van der Waals surface area (Å²) in [4.78, 5) is 0. The zero-order chi connectivity index (χ0) is 27.4. The summed E-state index contributed by atoms with van der Waals surface area (Å²) in [5.41, 5.74) is 3.52. The number of ether oxygens (including phenoxy) is 2. The van der Waals surface area contributed by atoms with Crippen molar-refractivity contribution in [2.24, 2.45) is 0 Å². The molecule has 0 saturated carbocycles. The predicted molar refractivity (Wildman–Crippen MR) is 169 cm³/mol. The summed E-state index contributed by atoms with van der Waals surface area (Å²) in [5, 5.41) is 1.34. The maximum absolute atomic E-state index is 6.83. The second-order valence-electron chi connectivity index (χ2n) is 11.1. The fourth-order valence-electron chi connectivity index (χ4n) is 4.72. The van der Waals surface area contributed by atoms with Crippen molar-refractivity contribution in [1.82, 2.24) is 0 Å². The predicted octanol–water partition coefficient (Wildman–Crippen LogP) is 9.06. The molecule has 0 bridgehead atoms. The van der Waals surface area contributed by atoms with Gasteiger partial charge in [-0.1, -0.05) is 87.4 Å². The molecule has 0 saturated heterocycles. The van der Waals surface area contributed by atoms with Gasteiger partial charge in [0.25, 0.3) is 0 Å². The van der Waals surface area contributed by atoms with Crippen LogP contribution in [0.25, 0.3) is 17.2 Å². The smallest absolute Gasteiger partial charge is 0.205 e. The molecule has 5 heteroatoms. The maximum atomic E-state index is 6.83. The van der Waals surface area contributed by atoms with E-state index in [9.17, 15) is 0 Å². The van der Waals surface area contributed by atoms with Gasteiger partial charge in [-0.15, -0.1) is 0 Å². The van der Waals surface area contributed by atoms with Crippen LogP contribution in [0, 0.1) is 0 Å². The minimum absolute atomic E-state index is 0.708. The lowest BCUT2D eigenvalue weighted by Crippen LogP contribution is -2.52. The monoisotopic (exact) mass is 546 g/mol. The van der Waals surface area contributed by atoms with Gasteiger partial charge in [0.1, 0.15) is 11.5 Å². The highest BCUT2D eigenvalue weighted by Crippen LogP contribution is 2.26. The summed E-state index contributed by atoms with van der Waals surface area (Å²) < 4.78 is 18.8. The molecule has 0 spiro atoms. The van der Waals surface area contributed by atoms with Gasteiger partial charge in [0.15, 0.2) is 8.32 Å². The summed E-state index contributed by atoms with van der Waals surface area (Å²) in [7, 11) is -3.75. The van der Waals surface area contributed by atoms with Crippen molar-refractivity contribution in [3.05, 3.63) is 84.9 Å². The molecule has 0 radical (unpaired) electrons. The zero-order valence-electron chi connectivity index (χ0n) is 24.1. The molecule has 0 atom stereocenters. The first-order valence-corrected chi connectivity index (χ1v) is 20.1. The number of rotatable bonds is 16. The van der Waals surface area contributed by atoms with Crippen LogP contribution in [-0.4, -0.2) is 29.8 Å². The molecule has 3 aromatic carbocycles. The quantitative estimate of drug-likeness (QED) is 0.132. The Labute approximate surface area is 233 Å². The van der Waals surface area contributed by atoms with E-state index in [-0.39, 0.29) is 0 Å². The number of hydrogen-bond donors (Lipinski definition) is 0. The Balaban J connectivity index is 1.42. The van der Waals surface area contributed by atoms with Gasteiger partial charge >= 0.3 is 0 Å². The van der Waals surface area contributed by atoms with Crippen LogP contribution in [0.3, 0.4) is 0 Å². The van der Waals surface area contributed by atoms with Crippen molar-refractivity contribution in [1.29, 1.82) is 0 Å². The van der Waals surface area contributed by atoms with Crippen LogP contribution in [-0.2, 0) is 4.12 Å². The molecule has 3 rings (SSSR count). The minimum Gasteiger partial charge on any atom is -0.494 e. The van der Waals surface area contributed by atoms with Gasteiger partial charge in [-0.2, -0.15) is 0 Å². The molecule has 0 aromatic heterocycles. The Morgan fingerprint density at radius 3 is 1.68 bits per heavy atom. The van der Waals surface area contributed by atoms with E-state index in [0.717, 1.165) is 42.6 Å². The highest BCUT2D eigenvalue weighted by atomic mass is 28.4. The molecule has 0 fully saturated rings. The van der Waals surface area contributed by atoms with Gasteiger partial charge in [0, 0.05) is 0 Å². The SMILES string of the molecule is C=Cc1ccc([Si](C)(C)O[Si](C)(C)CCCOc2ccc(-c3ccc(OCCCCCC)cc3)cc2)cc1. The Bertz CT molecular complexity index is 1100. The molecule has 38 heavy (non-hydrogen) atoms. The van der Waals surface area contributed by atoms with Crippen LogP contribution in [0.1, 0.15) is 44.6 Å². The second kappa shape index (κ2) is 14.5. The summed E-state index contributed by atoms with van der Waals surface area (Å²) in [6, 6.07) is 26.5. The third-order valence-corrected chi connectivity index (χ3v) is 14.4. The Hall–Kier alpha value is -2.61. The maximum Gasteiger partial charge on any atom is 0.205 e. The van der Waals surface area contributed by atoms with Crippen molar-refractivity contribution < 1.29 is 13.6 Å². The van der Waals surface area contributed by atoms with Crippen LogP contribution in [0.4, 0.5) is 0 Å². The van der Waals surface area contributed by atoms with E-state index in [1.54, 1.807) is 0 Å². The molecule has 0 aliphatic carbocycles. The molecule has 0 aliphatic heterocycles. The van der Waals surface area contributed by atoms with Gasteiger partial charge < -0.3 is 13.6 Å². The second-order valence-corrected chi connectivity index (χ2v) is 19.5. The van der Waals surface area contributed by atoms with Crippen LogP contribution in [0.5, 0.6) is 11.5 Å². The van der Waals surface area contributed by atoms with Gasteiger partial charge in [0.05, 0.1) is 13.2 Å². The van der Waals surface area contributed by atoms with Gasteiger partial charge in [-0.05, 0) is 91.2 Å². The normalized spacial score (nSPS) is 11.8. The molecular weight excluding hydrogens is 501 g/mol. The Morgan fingerprint density at radius 2 is 1.18 bits per heavy atom. The number of unbranched alkanes of at least 4 members (excludes halogenated alkanes) is 3. The Morgan fingerprint density at radius 1 is 0.658 bits per heavy atom. The lowest BCUT2D eigenvalue weighted by Gasteiger charge is -2.34. The van der Waals surface area contributed by atoms with Gasteiger partial charge in [-0.3, -0.25) is 0 Å². The van der Waals surface area contributed by atoms with Crippen LogP contribution < -0.4 is 14.7 Å². The number of benzene rings is 3. The summed E-state index contributed by atoms with van der Waals surface area (Å²) >= 11 is 0. The van der Waals surface area contributed by atoms with Crippen molar-refractivity contribution in [2.75, 3.05) is 13.2 Å². The van der Waals surface area contributed by atoms with E-state index < -0.39 is 16.6 Å². The Kier molecular flexibility index (Phi) is 11.4. The topological polar surface area (TPSA) is 27.7 Å². The summed E-state index contributed by atoms with van der Waals surface area (Å²) in [5.74, 6) is 1.86. The molecule has 0 aliphatic rings. The molecule has 3 aromatic rings. The van der Waals surface area contributed by atoms with Gasteiger partial charge in [-0.25, -0.2) is 0 Å². The van der Waals surface area contributed by atoms with Crippen molar-refractivity contribution in [3.8, 4) is 22.6 Å². The molecule has 3 nitrogen and oxygen atoms in total. The number of hydrogen-bond acceptors (Lipinski definition) is 3. The standard InChI is InChI=1S/C33H46O3Si2/c1-7-9-10-11-25-34-31-19-15-29(16-20-31)30-17-21-32(22-18-30)35-26-12-27-37(3,4)36-38(5,6)33-23-13-28(8-2)14-24-33/h8,13-24H,2,7,9-12,25-27H2,1,3-6H3. The zero-order valence-corrected chi connectivity index (χ0v) is 26.1. The molecule has 0 N–H and O–H groups in total. The average molecular weight is 547 g/mol. The van der Waals surface area contributed by atoms with E-state index in [2.05, 4.69) is 112 Å². The van der Waals surface area contributed by atoms with Gasteiger partial charge in [0.2, 0.25) is 8.32 Å². The highest BCUT2D eigenvalue weighted by Gasteiger charge is 2.34. The third-order valence-electron chi connectivity index (χ3n) is 6.87. The van der Waals surface area contributed by atoms with E-state index in [1.807, 2.05) is 6.08 Å².